The predicted molar refractivity (Wildman–Crippen MR) is 134 cm³/mol. The lowest BCUT2D eigenvalue weighted by atomic mass is 9.90. The summed E-state index contributed by atoms with van der Waals surface area (Å²) in [6.45, 7) is 6.26. The van der Waals surface area contributed by atoms with E-state index in [0.29, 0.717) is 0 Å². The van der Waals surface area contributed by atoms with Gasteiger partial charge in [0, 0.05) is 6.54 Å². The van der Waals surface area contributed by atoms with Crippen LogP contribution in [0.5, 0.6) is 17.2 Å². The van der Waals surface area contributed by atoms with Crippen molar-refractivity contribution in [2.45, 2.75) is 26.2 Å². The van der Waals surface area contributed by atoms with Crippen molar-refractivity contribution in [2.24, 2.45) is 0 Å². The third kappa shape index (κ3) is 6.17. The molecule has 0 saturated carbocycles. The highest BCUT2D eigenvalue weighted by atomic mass is 16.5. The van der Waals surface area contributed by atoms with E-state index in [9.17, 15) is 5.11 Å². The van der Waals surface area contributed by atoms with Crippen molar-refractivity contribution in [3.8, 4) is 17.2 Å². The number of methoxy groups -OCH3 is 1. The minimum atomic E-state index is 0.271. The summed E-state index contributed by atoms with van der Waals surface area (Å²) in [6.07, 6.45) is 3.43. The van der Waals surface area contributed by atoms with Crippen LogP contribution in [0.2, 0.25) is 0 Å². The fraction of sp³-hybridized carbons (Fsp3) is 0.310. The SMILES string of the molecule is COc1ccc(C/C(C)=C(\c2ccc(O)cc2)c2ccc(OCCN3CCCC3)cc2)cc1. The van der Waals surface area contributed by atoms with E-state index in [1.54, 1.807) is 19.2 Å². The molecule has 1 N–H and O–H groups in total. The van der Waals surface area contributed by atoms with Crippen molar-refractivity contribution >= 4 is 5.57 Å². The van der Waals surface area contributed by atoms with Crippen LogP contribution in [0.4, 0.5) is 0 Å². The fourth-order valence-corrected chi connectivity index (χ4v) is 4.44. The molecule has 172 valence electrons. The number of aromatic hydroxyl groups is 1. The first-order chi connectivity index (χ1) is 16.1. The Balaban J connectivity index is 1.54. The number of benzene rings is 3. The van der Waals surface area contributed by atoms with Crippen LogP contribution in [0.15, 0.2) is 78.4 Å². The molecule has 0 radical (unpaired) electrons. The van der Waals surface area contributed by atoms with Gasteiger partial charge >= 0.3 is 0 Å². The van der Waals surface area contributed by atoms with Crippen molar-refractivity contribution in [1.29, 1.82) is 0 Å². The number of ether oxygens (including phenoxy) is 2. The highest BCUT2D eigenvalue weighted by Crippen LogP contribution is 2.31. The molecular formula is C29H33NO3. The zero-order valence-electron chi connectivity index (χ0n) is 19.6. The van der Waals surface area contributed by atoms with E-state index in [-0.39, 0.29) is 5.75 Å². The topological polar surface area (TPSA) is 41.9 Å². The summed E-state index contributed by atoms with van der Waals surface area (Å²) in [6, 6.07) is 24.0. The van der Waals surface area contributed by atoms with Crippen molar-refractivity contribution in [2.75, 3.05) is 33.4 Å². The van der Waals surface area contributed by atoms with Crippen molar-refractivity contribution < 1.29 is 14.6 Å². The summed E-state index contributed by atoms with van der Waals surface area (Å²) in [5.41, 5.74) is 5.88. The summed E-state index contributed by atoms with van der Waals surface area (Å²) in [4.78, 5) is 2.46. The first-order valence-electron chi connectivity index (χ1n) is 11.7. The molecule has 3 aromatic carbocycles. The molecule has 0 spiro atoms. The normalized spacial score (nSPS) is 14.7. The van der Waals surface area contributed by atoms with Crippen LogP contribution in [-0.4, -0.2) is 43.4 Å². The molecule has 0 bridgehead atoms. The summed E-state index contributed by atoms with van der Waals surface area (Å²) in [7, 11) is 1.68. The second kappa shape index (κ2) is 11.1. The molecule has 1 heterocycles. The largest absolute Gasteiger partial charge is 0.508 e. The Morgan fingerprint density at radius 3 is 2.00 bits per heavy atom. The molecule has 0 unspecified atom stereocenters. The van der Waals surface area contributed by atoms with Crippen molar-refractivity contribution in [3.63, 3.8) is 0 Å². The van der Waals surface area contributed by atoms with Crippen LogP contribution < -0.4 is 9.47 Å². The van der Waals surface area contributed by atoms with Crippen LogP contribution in [0, 0.1) is 0 Å². The standard InChI is InChI=1S/C29H33NO3/c1-22(21-23-5-13-27(32-2)14-6-23)29(24-7-11-26(31)12-8-24)25-9-15-28(16-10-25)33-20-19-30-17-3-4-18-30/h5-16,31H,3-4,17-21H2,1-2H3/b29-22+. The minimum absolute atomic E-state index is 0.271. The number of hydrogen-bond donors (Lipinski definition) is 1. The highest BCUT2D eigenvalue weighted by molar-refractivity contribution is 5.82. The van der Waals surface area contributed by atoms with Crippen molar-refractivity contribution in [1.82, 2.24) is 4.90 Å². The Hall–Kier alpha value is -3.24. The summed E-state index contributed by atoms with van der Waals surface area (Å²) in [5, 5.41) is 9.78. The van der Waals surface area contributed by atoms with E-state index in [4.69, 9.17) is 9.47 Å². The minimum Gasteiger partial charge on any atom is -0.508 e. The Bertz CT molecular complexity index is 1050. The van der Waals surface area contributed by atoms with Gasteiger partial charge in [-0.2, -0.15) is 0 Å². The zero-order valence-corrected chi connectivity index (χ0v) is 19.6. The molecule has 1 aliphatic heterocycles. The molecule has 1 fully saturated rings. The molecule has 4 rings (SSSR count). The van der Waals surface area contributed by atoms with Gasteiger partial charge in [0.15, 0.2) is 0 Å². The molecule has 0 atom stereocenters. The number of likely N-dealkylation sites (tertiary alicyclic amines) is 1. The number of nitrogens with zero attached hydrogens (tertiary/aromatic N) is 1. The van der Waals surface area contributed by atoms with E-state index in [1.165, 1.54) is 42.6 Å². The average molecular weight is 444 g/mol. The monoisotopic (exact) mass is 443 g/mol. The first kappa shape index (κ1) is 22.9. The van der Waals surface area contributed by atoms with Crippen LogP contribution in [0.25, 0.3) is 5.57 Å². The molecule has 0 aromatic heterocycles. The van der Waals surface area contributed by atoms with E-state index in [0.717, 1.165) is 42.2 Å². The van der Waals surface area contributed by atoms with Gasteiger partial charge in [0.25, 0.3) is 0 Å². The number of rotatable bonds is 9. The number of hydrogen-bond acceptors (Lipinski definition) is 4. The quantitative estimate of drug-likeness (QED) is 0.444. The van der Waals surface area contributed by atoms with Crippen LogP contribution in [0.3, 0.4) is 0 Å². The van der Waals surface area contributed by atoms with E-state index in [2.05, 4.69) is 48.2 Å². The Kier molecular flexibility index (Phi) is 7.69. The van der Waals surface area contributed by atoms with Gasteiger partial charge in [0.05, 0.1) is 7.11 Å². The van der Waals surface area contributed by atoms with Crippen LogP contribution >= 0.6 is 0 Å². The molecule has 0 amide bonds. The summed E-state index contributed by atoms with van der Waals surface area (Å²) >= 11 is 0. The smallest absolute Gasteiger partial charge is 0.119 e. The third-order valence-corrected chi connectivity index (χ3v) is 6.23. The summed E-state index contributed by atoms with van der Waals surface area (Å²) < 4.78 is 11.3. The maximum Gasteiger partial charge on any atom is 0.119 e. The lowest BCUT2D eigenvalue weighted by molar-refractivity contribution is 0.238. The average Bonchev–Trinajstić information content (AvgIpc) is 3.36. The zero-order chi connectivity index (χ0) is 23.0. The highest BCUT2D eigenvalue weighted by Gasteiger charge is 2.12. The third-order valence-electron chi connectivity index (χ3n) is 6.23. The van der Waals surface area contributed by atoms with E-state index < -0.39 is 0 Å². The Morgan fingerprint density at radius 2 is 1.39 bits per heavy atom. The Morgan fingerprint density at radius 1 is 0.818 bits per heavy atom. The number of allylic oxidation sites excluding steroid dienone is 1. The van der Waals surface area contributed by atoms with Gasteiger partial charge in [0.2, 0.25) is 0 Å². The predicted octanol–water partition coefficient (Wildman–Crippen LogP) is 5.94. The number of phenols is 1. The number of phenolic OH excluding ortho intramolecular Hbond substituents is 1. The van der Waals surface area contributed by atoms with Gasteiger partial charge < -0.3 is 14.6 Å². The lowest BCUT2D eigenvalue weighted by Gasteiger charge is -2.16. The lowest BCUT2D eigenvalue weighted by Crippen LogP contribution is -2.25. The van der Waals surface area contributed by atoms with Gasteiger partial charge in [-0.25, -0.2) is 0 Å². The molecule has 33 heavy (non-hydrogen) atoms. The molecular weight excluding hydrogens is 410 g/mol. The van der Waals surface area contributed by atoms with Gasteiger partial charge in [0.1, 0.15) is 23.9 Å². The molecule has 3 aromatic rings. The maximum absolute atomic E-state index is 9.78. The molecule has 0 aliphatic carbocycles. The van der Waals surface area contributed by atoms with E-state index in [1.807, 2.05) is 24.3 Å². The second-order valence-corrected chi connectivity index (χ2v) is 8.65. The van der Waals surface area contributed by atoms with Gasteiger partial charge in [-0.15, -0.1) is 0 Å². The van der Waals surface area contributed by atoms with Gasteiger partial charge in [-0.1, -0.05) is 42.0 Å². The van der Waals surface area contributed by atoms with Gasteiger partial charge in [-0.3, -0.25) is 4.90 Å². The summed E-state index contributed by atoms with van der Waals surface area (Å²) in [5.74, 6) is 2.03. The molecule has 4 heteroatoms. The molecule has 1 saturated heterocycles. The van der Waals surface area contributed by atoms with Gasteiger partial charge in [-0.05, 0) is 97.9 Å². The van der Waals surface area contributed by atoms with E-state index >= 15 is 0 Å². The first-order valence-corrected chi connectivity index (χ1v) is 11.7. The van der Waals surface area contributed by atoms with Crippen molar-refractivity contribution in [3.05, 3.63) is 95.1 Å². The molecule has 4 nitrogen and oxygen atoms in total. The Labute approximate surface area is 197 Å². The van der Waals surface area contributed by atoms with Crippen LogP contribution in [-0.2, 0) is 6.42 Å². The molecule has 1 aliphatic rings. The second-order valence-electron chi connectivity index (χ2n) is 8.65. The van der Waals surface area contributed by atoms with Crippen LogP contribution in [0.1, 0.15) is 36.5 Å². The fourth-order valence-electron chi connectivity index (χ4n) is 4.44. The maximum atomic E-state index is 9.78.